The quantitative estimate of drug-likeness (QED) is 0.773. The molecule has 82 valence electrons. The van der Waals surface area contributed by atoms with Crippen molar-refractivity contribution < 1.29 is 9.53 Å². The van der Waals surface area contributed by atoms with E-state index in [2.05, 4.69) is 10.3 Å². The number of aromatic nitrogens is 1. The van der Waals surface area contributed by atoms with Crippen LogP contribution in [0.15, 0.2) is 11.7 Å². The van der Waals surface area contributed by atoms with E-state index in [1.165, 1.54) is 11.3 Å². The Hall–Kier alpha value is -0.940. The highest BCUT2D eigenvalue weighted by Gasteiger charge is 2.31. The Morgan fingerprint density at radius 1 is 1.80 bits per heavy atom. The Kier molecular flexibility index (Phi) is 3.33. The molecule has 1 aliphatic rings. The highest BCUT2D eigenvalue weighted by Crippen LogP contribution is 2.26. The van der Waals surface area contributed by atoms with E-state index in [9.17, 15) is 4.79 Å². The molecule has 1 heterocycles. The molecule has 0 bridgehead atoms. The van der Waals surface area contributed by atoms with Gasteiger partial charge in [-0.2, -0.15) is 0 Å². The van der Waals surface area contributed by atoms with Gasteiger partial charge in [0.2, 0.25) is 0 Å². The van der Waals surface area contributed by atoms with Crippen molar-refractivity contribution >= 4 is 17.3 Å². The van der Waals surface area contributed by atoms with Crippen LogP contribution in [0.3, 0.4) is 0 Å². The fourth-order valence-electron chi connectivity index (χ4n) is 1.35. The van der Waals surface area contributed by atoms with E-state index >= 15 is 0 Å². The van der Waals surface area contributed by atoms with Gasteiger partial charge in [-0.05, 0) is 19.8 Å². The molecule has 0 aromatic carbocycles. The van der Waals surface area contributed by atoms with Crippen molar-refractivity contribution in [1.29, 1.82) is 0 Å². The van der Waals surface area contributed by atoms with E-state index < -0.39 is 0 Å². The van der Waals surface area contributed by atoms with Gasteiger partial charge in [-0.25, -0.2) is 4.79 Å². The molecule has 0 saturated heterocycles. The zero-order valence-electron chi connectivity index (χ0n) is 8.60. The molecule has 5 heteroatoms. The zero-order valence-corrected chi connectivity index (χ0v) is 9.42. The molecule has 1 aromatic rings. The van der Waals surface area contributed by atoms with Crippen molar-refractivity contribution in [2.24, 2.45) is 0 Å². The van der Waals surface area contributed by atoms with Gasteiger partial charge < -0.3 is 4.74 Å². The average Bonchev–Trinajstić information content (AvgIpc) is 2.88. The standard InChI is InChI=1S/C10H14N2O2S/c1-2-14-10(13)9(12-7-3-4-7)8-5-11-6-15-8/h5-7,9,12H,2-4H2,1H3. The summed E-state index contributed by atoms with van der Waals surface area (Å²) in [6, 6.07) is 0.145. The third kappa shape index (κ3) is 2.76. The van der Waals surface area contributed by atoms with Crippen molar-refractivity contribution in [3.63, 3.8) is 0 Å². The summed E-state index contributed by atoms with van der Waals surface area (Å²) >= 11 is 1.48. The Balaban J connectivity index is 2.04. The summed E-state index contributed by atoms with van der Waals surface area (Å²) in [7, 11) is 0. The van der Waals surface area contributed by atoms with Crippen LogP contribution in [-0.2, 0) is 9.53 Å². The lowest BCUT2D eigenvalue weighted by Crippen LogP contribution is -2.31. The monoisotopic (exact) mass is 226 g/mol. The normalized spacial score (nSPS) is 17.4. The summed E-state index contributed by atoms with van der Waals surface area (Å²) < 4.78 is 5.03. The SMILES string of the molecule is CCOC(=O)C(NC1CC1)c1cncs1. The van der Waals surface area contributed by atoms with E-state index in [4.69, 9.17) is 4.74 Å². The summed E-state index contributed by atoms with van der Waals surface area (Å²) in [4.78, 5) is 16.6. The van der Waals surface area contributed by atoms with E-state index in [1.54, 1.807) is 11.7 Å². The van der Waals surface area contributed by atoms with Crippen LogP contribution in [0.1, 0.15) is 30.7 Å². The molecule has 2 rings (SSSR count). The minimum Gasteiger partial charge on any atom is -0.465 e. The third-order valence-corrected chi connectivity index (χ3v) is 3.08. The van der Waals surface area contributed by atoms with Crippen LogP contribution in [-0.4, -0.2) is 23.6 Å². The maximum atomic E-state index is 11.7. The molecule has 4 nitrogen and oxygen atoms in total. The van der Waals surface area contributed by atoms with Gasteiger partial charge in [0.05, 0.1) is 17.0 Å². The summed E-state index contributed by atoms with van der Waals surface area (Å²) in [5.41, 5.74) is 1.73. The number of hydrogen-bond donors (Lipinski definition) is 1. The molecule has 0 spiro atoms. The van der Waals surface area contributed by atoms with E-state index in [1.807, 2.05) is 6.92 Å². The Labute approximate surface area is 92.7 Å². The maximum absolute atomic E-state index is 11.7. The van der Waals surface area contributed by atoms with E-state index in [-0.39, 0.29) is 12.0 Å². The van der Waals surface area contributed by atoms with Gasteiger partial charge in [-0.1, -0.05) is 0 Å². The first-order valence-corrected chi connectivity index (χ1v) is 6.00. The lowest BCUT2D eigenvalue weighted by molar-refractivity contribution is -0.145. The van der Waals surface area contributed by atoms with Crippen molar-refractivity contribution in [1.82, 2.24) is 10.3 Å². The highest BCUT2D eigenvalue weighted by atomic mass is 32.1. The number of esters is 1. The molecule has 0 amide bonds. The lowest BCUT2D eigenvalue weighted by Gasteiger charge is -2.14. The second kappa shape index (κ2) is 4.72. The van der Waals surface area contributed by atoms with Crippen molar-refractivity contribution in [2.45, 2.75) is 31.8 Å². The van der Waals surface area contributed by atoms with Gasteiger partial charge in [-0.3, -0.25) is 10.3 Å². The first kappa shape index (κ1) is 10.6. The molecule has 0 radical (unpaired) electrons. The van der Waals surface area contributed by atoms with Gasteiger partial charge in [0, 0.05) is 12.2 Å². The second-order valence-corrected chi connectivity index (χ2v) is 4.45. The predicted molar refractivity (Wildman–Crippen MR) is 57.6 cm³/mol. The molecule has 1 aliphatic carbocycles. The number of hydrogen-bond acceptors (Lipinski definition) is 5. The molecule has 1 fully saturated rings. The smallest absolute Gasteiger partial charge is 0.328 e. The summed E-state index contributed by atoms with van der Waals surface area (Å²) in [6.45, 7) is 2.24. The van der Waals surface area contributed by atoms with E-state index in [0.29, 0.717) is 12.6 Å². The second-order valence-electron chi connectivity index (χ2n) is 3.53. The zero-order chi connectivity index (χ0) is 10.7. The molecule has 1 atom stereocenters. The highest BCUT2D eigenvalue weighted by molar-refractivity contribution is 7.09. The minimum atomic E-state index is -0.329. The van der Waals surface area contributed by atoms with Crippen molar-refractivity contribution in [3.8, 4) is 0 Å². The molecule has 1 saturated carbocycles. The van der Waals surface area contributed by atoms with Crippen LogP contribution < -0.4 is 5.32 Å². The van der Waals surface area contributed by atoms with Gasteiger partial charge in [0.25, 0.3) is 0 Å². The summed E-state index contributed by atoms with van der Waals surface area (Å²) in [5, 5.41) is 3.27. The number of nitrogens with one attached hydrogen (secondary N) is 1. The number of nitrogens with zero attached hydrogens (tertiary/aromatic N) is 1. The molecule has 1 unspecified atom stereocenters. The number of carbonyl (C=O) groups is 1. The fourth-order valence-corrected chi connectivity index (χ4v) is 2.01. The van der Waals surface area contributed by atoms with Crippen LogP contribution in [0.5, 0.6) is 0 Å². The molecular formula is C10H14N2O2S. The first-order chi connectivity index (χ1) is 7.31. The van der Waals surface area contributed by atoms with Crippen LogP contribution in [0, 0.1) is 0 Å². The largest absolute Gasteiger partial charge is 0.465 e. The molecule has 0 aliphatic heterocycles. The van der Waals surface area contributed by atoms with Gasteiger partial charge in [0.1, 0.15) is 6.04 Å². The van der Waals surface area contributed by atoms with Crippen LogP contribution in [0.2, 0.25) is 0 Å². The van der Waals surface area contributed by atoms with Crippen LogP contribution >= 0.6 is 11.3 Å². The third-order valence-electron chi connectivity index (χ3n) is 2.24. The van der Waals surface area contributed by atoms with Gasteiger partial charge in [-0.15, -0.1) is 11.3 Å². The number of thiazole rings is 1. The fraction of sp³-hybridized carbons (Fsp3) is 0.600. The van der Waals surface area contributed by atoms with Gasteiger partial charge in [0.15, 0.2) is 0 Å². The van der Waals surface area contributed by atoms with Crippen molar-refractivity contribution in [2.75, 3.05) is 6.61 Å². The van der Waals surface area contributed by atoms with Crippen LogP contribution in [0.25, 0.3) is 0 Å². The number of carbonyl (C=O) groups excluding carboxylic acids is 1. The molecule has 1 N–H and O–H groups in total. The lowest BCUT2D eigenvalue weighted by atomic mass is 10.2. The van der Waals surface area contributed by atoms with Crippen LogP contribution in [0.4, 0.5) is 0 Å². The van der Waals surface area contributed by atoms with E-state index in [0.717, 1.165) is 17.7 Å². The van der Waals surface area contributed by atoms with Crippen molar-refractivity contribution in [3.05, 3.63) is 16.6 Å². The molecular weight excluding hydrogens is 212 g/mol. The minimum absolute atomic E-state index is 0.200. The summed E-state index contributed by atoms with van der Waals surface area (Å²) in [6.07, 6.45) is 4.02. The average molecular weight is 226 g/mol. The molecule has 1 aromatic heterocycles. The maximum Gasteiger partial charge on any atom is 0.328 e. The van der Waals surface area contributed by atoms with Gasteiger partial charge >= 0.3 is 5.97 Å². The Morgan fingerprint density at radius 2 is 2.60 bits per heavy atom. The topological polar surface area (TPSA) is 51.2 Å². The number of rotatable bonds is 5. The number of ether oxygens (including phenoxy) is 1. The Bertz CT molecular complexity index is 322. The Morgan fingerprint density at radius 3 is 3.13 bits per heavy atom. The molecule has 15 heavy (non-hydrogen) atoms. The summed E-state index contributed by atoms with van der Waals surface area (Å²) in [5.74, 6) is -0.200. The predicted octanol–water partition coefficient (Wildman–Crippen LogP) is 1.50. The first-order valence-electron chi connectivity index (χ1n) is 5.12.